The van der Waals surface area contributed by atoms with Crippen LogP contribution in [0.25, 0.3) is 0 Å². The Morgan fingerprint density at radius 3 is 2.80 bits per heavy atom. The van der Waals surface area contributed by atoms with Crippen LogP contribution in [0, 0.1) is 0 Å². The first-order valence-corrected chi connectivity index (χ1v) is 5.87. The zero-order valence-corrected chi connectivity index (χ0v) is 10.9. The molecule has 0 radical (unpaired) electrons. The number of hydrogen-bond donors (Lipinski definition) is 2. The molecule has 0 saturated heterocycles. The van der Waals surface area contributed by atoms with Gasteiger partial charge in [-0.1, -0.05) is 6.07 Å². The van der Waals surface area contributed by atoms with E-state index in [1.807, 2.05) is 0 Å². The summed E-state index contributed by atoms with van der Waals surface area (Å²) in [6.07, 6.45) is 0. The van der Waals surface area contributed by atoms with Crippen LogP contribution in [0.5, 0.6) is 0 Å². The summed E-state index contributed by atoms with van der Waals surface area (Å²) in [5.74, 6) is -6.07. The molecule has 0 spiro atoms. The topological polar surface area (TPSA) is 80.7 Å². The molecule has 6 nitrogen and oxygen atoms in total. The molecule has 0 unspecified atom stereocenters. The molecule has 0 aliphatic heterocycles. The summed E-state index contributed by atoms with van der Waals surface area (Å²) in [6.45, 7) is 1.62. The number of ether oxygens (including phenoxy) is 2. The molecule has 112 valence electrons. The second-order valence-corrected chi connectivity index (χ2v) is 3.82. The van der Waals surface area contributed by atoms with Crippen LogP contribution >= 0.6 is 0 Å². The van der Waals surface area contributed by atoms with Gasteiger partial charge in [-0.05, 0) is 12.1 Å². The van der Waals surface area contributed by atoms with Crippen LogP contribution in [0.15, 0.2) is 18.2 Å². The van der Waals surface area contributed by atoms with Gasteiger partial charge < -0.3 is 19.9 Å². The van der Waals surface area contributed by atoms with E-state index in [0.29, 0.717) is 26.4 Å². The smallest absolute Gasteiger partial charge is 0.384 e. The predicted molar refractivity (Wildman–Crippen MR) is 67.0 cm³/mol. The van der Waals surface area contributed by atoms with Gasteiger partial charge in [0.25, 0.3) is 0 Å². The number of carbonyl (C=O) groups is 1. The van der Waals surface area contributed by atoms with Gasteiger partial charge in [-0.3, -0.25) is 0 Å². The van der Waals surface area contributed by atoms with Gasteiger partial charge in [0.15, 0.2) is 0 Å². The Morgan fingerprint density at radius 1 is 1.40 bits per heavy atom. The Kier molecular flexibility index (Phi) is 6.26. The molecule has 1 heterocycles. The average molecular weight is 290 g/mol. The monoisotopic (exact) mass is 290 g/mol. The minimum atomic E-state index is -4.01. The molecule has 0 atom stereocenters. The van der Waals surface area contributed by atoms with Crippen LogP contribution < -0.4 is 5.32 Å². The maximum absolute atomic E-state index is 13.3. The number of alkyl halides is 2. The average Bonchev–Trinajstić information content (AvgIpc) is 2.43. The van der Waals surface area contributed by atoms with E-state index in [1.165, 1.54) is 12.1 Å². The van der Waals surface area contributed by atoms with Crippen LogP contribution in [0.3, 0.4) is 0 Å². The van der Waals surface area contributed by atoms with E-state index in [9.17, 15) is 13.6 Å². The lowest BCUT2D eigenvalue weighted by Crippen LogP contribution is -2.27. The van der Waals surface area contributed by atoms with Crippen LogP contribution in [-0.4, -0.2) is 49.5 Å². The Bertz CT molecular complexity index is 443. The van der Waals surface area contributed by atoms with E-state index < -0.39 is 17.6 Å². The molecule has 0 amide bonds. The van der Waals surface area contributed by atoms with Crippen LogP contribution in [0.1, 0.15) is 5.69 Å². The van der Waals surface area contributed by atoms with Gasteiger partial charge in [0.1, 0.15) is 11.5 Å². The van der Waals surface area contributed by atoms with Gasteiger partial charge in [0.05, 0.1) is 19.8 Å². The third-order valence-electron chi connectivity index (χ3n) is 2.32. The normalized spacial score (nSPS) is 11.3. The molecule has 1 aromatic rings. The summed E-state index contributed by atoms with van der Waals surface area (Å²) in [6, 6.07) is 3.75. The molecule has 1 aromatic heterocycles. The van der Waals surface area contributed by atoms with Gasteiger partial charge in [-0.2, -0.15) is 8.78 Å². The van der Waals surface area contributed by atoms with Gasteiger partial charge in [-0.25, -0.2) is 9.78 Å². The third kappa shape index (κ3) is 4.71. The standard InChI is InChI=1S/C12H16F2N2O4/c1-19-7-8-20-6-5-15-10-4-2-3-9(16-10)12(13,14)11(17)18/h2-4H,5-8H2,1H3,(H,15,16)(H,17,18). The molecule has 20 heavy (non-hydrogen) atoms. The zero-order chi connectivity index (χ0) is 15.0. The molecule has 0 aliphatic rings. The highest BCUT2D eigenvalue weighted by molar-refractivity contribution is 5.76. The first kappa shape index (κ1) is 16.3. The van der Waals surface area contributed by atoms with Crippen molar-refractivity contribution in [3.05, 3.63) is 23.9 Å². The molecule has 8 heteroatoms. The van der Waals surface area contributed by atoms with Crippen molar-refractivity contribution >= 4 is 11.8 Å². The van der Waals surface area contributed by atoms with Crippen molar-refractivity contribution < 1.29 is 28.2 Å². The van der Waals surface area contributed by atoms with Crippen LogP contribution in [0.2, 0.25) is 0 Å². The minimum Gasteiger partial charge on any atom is -0.476 e. The largest absolute Gasteiger partial charge is 0.476 e. The highest BCUT2D eigenvalue weighted by Gasteiger charge is 2.42. The predicted octanol–water partition coefficient (Wildman–Crippen LogP) is 1.33. The Hall–Kier alpha value is -1.80. The minimum absolute atomic E-state index is 0.166. The van der Waals surface area contributed by atoms with E-state index in [2.05, 4.69) is 10.3 Å². The van der Waals surface area contributed by atoms with Crippen LogP contribution in [-0.2, 0) is 20.2 Å². The van der Waals surface area contributed by atoms with Gasteiger partial charge in [0.2, 0.25) is 0 Å². The van der Waals surface area contributed by atoms with Crippen molar-refractivity contribution in [3.8, 4) is 0 Å². The lowest BCUT2D eigenvalue weighted by atomic mass is 10.2. The Morgan fingerprint density at radius 2 is 2.15 bits per heavy atom. The maximum Gasteiger partial charge on any atom is 0.384 e. The number of rotatable bonds is 9. The molecule has 0 saturated carbocycles. The lowest BCUT2D eigenvalue weighted by molar-refractivity contribution is -0.166. The number of hydrogen-bond acceptors (Lipinski definition) is 5. The summed E-state index contributed by atoms with van der Waals surface area (Å²) < 4.78 is 36.5. The first-order valence-electron chi connectivity index (χ1n) is 5.87. The highest BCUT2D eigenvalue weighted by atomic mass is 19.3. The van der Waals surface area contributed by atoms with E-state index >= 15 is 0 Å². The van der Waals surface area contributed by atoms with Crippen molar-refractivity contribution in [2.24, 2.45) is 0 Å². The van der Waals surface area contributed by atoms with Gasteiger partial charge in [-0.15, -0.1) is 0 Å². The van der Waals surface area contributed by atoms with Crippen LogP contribution in [0.4, 0.5) is 14.6 Å². The second kappa shape index (κ2) is 7.71. The van der Waals surface area contributed by atoms with E-state index in [1.54, 1.807) is 7.11 Å². The van der Waals surface area contributed by atoms with E-state index in [-0.39, 0.29) is 5.82 Å². The van der Waals surface area contributed by atoms with Crippen molar-refractivity contribution in [2.45, 2.75) is 5.92 Å². The number of nitrogens with zero attached hydrogens (tertiary/aromatic N) is 1. The van der Waals surface area contributed by atoms with E-state index in [0.717, 1.165) is 6.07 Å². The molecular weight excluding hydrogens is 274 g/mol. The fourth-order valence-corrected chi connectivity index (χ4v) is 1.31. The first-order chi connectivity index (χ1) is 9.48. The number of aliphatic carboxylic acids is 1. The summed E-state index contributed by atoms with van der Waals surface area (Å²) in [5.41, 5.74) is -0.810. The number of nitrogens with one attached hydrogen (secondary N) is 1. The fourth-order valence-electron chi connectivity index (χ4n) is 1.31. The number of anilines is 1. The molecule has 0 aromatic carbocycles. The second-order valence-electron chi connectivity index (χ2n) is 3.82. The summed E-state index contributed by atoms with van der Waals surface area (Å²) in [7, 11) is 1.56. The maximum atomic E-state index is 13.3. The molecule has 0 aliphatic carbocycles. The molecular formula is C12H16F2N2O4. The number of aromatic nitrogens is 1. The number of carboxylic acid groups (broad SMARTS) is 1. The number of methoxy groups -OCH3 is 1. The number of pyridine rings is 1. The van der Waals surface area contributed by atoms with Crippen molar-refractivity contribution in [1.29, 1.82) is 0 Å². The number of halogens is 2. The Balaban J connectivity index is 2.50. The molecule has 0 bridgehead atoms. The summed E-state index contributed by atoms with van der Waals surface area (Å²) in [5, 5.41) is 11.2. The summed E-state index contributed by atoms with van der Waals surface area (Å²) >= 11 is 0. The SMILES string of the molecule is COCCOCCNc1cccc(C(F)(F)C(=O)O)n1. The highest BCUT2D eigenvalue weighted by Crippen LogP contribution is 2.27. The van der Waals surface area contributed by atoms with Crippen molar-refractivity contribution in [2.75, 3.05) is 38.8 Å². The lowest BCUT2D eigenvalue weighted by Gasteiger charge is -2.12. The molecule has 2 N–H and O–H groups in total. The third-order valence-corrected chi connectivity index (χ3v) is 2.32. The van der Waals surface area contributed by atoms with E-state index in [4.69, 9.17) is 14.6 Å². The van der Waals surface area contributed by atoms with Gasteiger partial charge in [0, 0.05) is 13.7 Å². The quantitative estimate of drug-likeness (QED) is 0.668. The van der Waals surface area contributed by atoms with Crippen molar-refractivity contribution in [1.82, 2.24) is 4.98 Å². The summed E-state index contributed by atoms with van der Waals surface area (Å²) in [4.78, 5) is 14.0. The fraction of sp³-hybridized carbons (Fsp3) is 0.500. The molecule has 0 fully saturated rings. The van der Waals surface area contributed by atoms with Gasteiger partial charge >= 0.3 is 11.9 Å². The zero-order valence-electron chi connectivity index (χ0n) is 10.9. The Labute approximate surface area is 114 Å². The number of carboxylic acids is 1. The molecule has 1 rings (SSSR count). The van der Waals surface area contributed by atoms with Crippen molar-refractivity contribution in [3.63, 3.8) is 0 Å².